The molecule has 0 bridgehead atoms. The van der Waals surface area contributed by atoms with E-state index in [1.165, 1.54) is 18.2 Å². The van der Waals surface area contributed by atoms with E-state index in [1.54, 1.807) is 0 Å². The average molecular weight is 331 g/mol. The molecule has 0 saturated heterocycles. The number of rotatable bonds is 5. The zero-order valence-electron chi connectivity index (χ0n) is 10.9. The van der Waals surface area contributed by atoms with Gasteiger partial charge in [0, 0.05) is 16.5 Å². The monoisotopic (exact) mass is 330 g/mol. The summed E-state index contributed by atoms with van der Waals surface area (Å²) in [4.78, 5) is 4.06. The summed E-state index contributed by atoms with van der Waals surface area (Å²) in [5.41, 5.74) is -0.0406. The minimum Gasteiger partial charge on any atom is -0.338 e. The molecule has 5 nitrogen and oxygen atoms in total. The molecule has 0 unspecified atom stereocenters. The van der Waals surface area contributed by atoms with Crippen molar-refractivity contribution in [2.75, 3.05) is 0 Å². The molecule has 0 atom stereocenters. The Morgan fingerprint density at radius 1 is 1.33 bits per heavy atom. The molecular formula is C13H12ClFN2O3S. The first kappa shape index (κ1) is 14.5. The van der Waals surface area contributed by atoms with Crippen LogP contribution in [0.2, 0.25) is 5.02 Å². The standard InChI is InChI=1S/C13H12ClFN2O3S/c14-10-2-1-3-11(15)9(10)6-21(18,19)7-12-16-13(17-20-12)8-4-5-8/h1-3,8H,4-7H2. The molecule has 2 aromatic rings. The minimum absolute atomic E-state index is 0.0318. The highest BCUT2D eigenvalue weighted by Crippen LogP contribution is 2.38. The van der Waals surface area contributed by atoms with Gasteiger partial charge in [-0.15, -0.1) is 0 Å². The van der Waals surface area contributed by atoms with Gasteiger partial charge in [-0.25, -0.2) is 12.8 Å². The van der Waals surface area contributed by atoms with E-state index in [0.717, 1.165) is 12.8 Å². The fourth-order valence-electron chi connectivity index (χ4n) is 1.96. The van der Waals surface area contributed by atoms with Gasteiger partial charge in [-0.3, -0.25) is 0 Å². The fourth-order valence-corrected chi connectivity index (χ4v) is 3.60. The summed E-state index contributed by atoms with van der Waals surface area (Å²) in [6, 6.07) is 4.05. The molecule has 8 heteroatoms. The molecule has 1 saturated carbocycles. The zero-order valence-corrected chi connectivity index (χ0v) is 12.5. The summed E-state index contributed by atoms with van der Waals surface area (Å²) < 4.78 is 42.8. The number of nitrogens with zero attached hydrogens (tertiary/aromatic N) is 2. The van der Waals surface area contributed by atoms with Crippen LogP contribution in [-0.2, 0) is 21.3 Å². The first-order valence-corrected chi connectivity index (χ1v) is 8.60. The Hall–Kier alpha value is -1.47. The molecule has 1 aliphatic rings. The molecule has 21 heavy (non-hydrogen) atoms. The lowest BCUT2D eigenvalue weighted by atomic mass is 10.2. The van der Waals surface area contributed by atoms with Crippen molar-refractivity contribution in [2.45, 2.75) is 30.3 Å². The fraction of sp³-hybridized carbons (Fsp3) is 0.385. The number of aromatic nitrogens is 2. The molecule has 0 aliphatic heterocycles. The molecule has 0 radical (unpaired) electrons. The van der Waals surface area contributed by atoms with Gasteiger partial charge in [-0.05, 0) is 25.0 Å². The molecule has 3 rings (SSSR count). The van der Waals surface area contributed by atoms with Crippen molar-refractivity contribution in [2.24, 2.45) is 0 Å². The Morgan fingerprint density at radius 3 is 2.76 bits per heavy atom. The average Bonchev–Trinajstić information content (AvgIpc) is 3.15. The van der Waals surface area contributed by atoms with Crippen molar-refractivity contribution >= 4 is 21.4 Å². The summed E-state index contributed by atoms with van der Waals surface area (Å²) in [6.45, 7) is 0. The van der Waals surface area contributed by atoms with Crippen molar-refractivity contribution in [3.05, 3.63) is 46.3 Å². The molecule has 0 amide bonds. The van der Waals surface area contributed by atoms with Crippen LogP contribution in [0.4, 0.5) is 4.39 Å². The third kappa shape index (κ3) is 3.41. The van der Waals surface area contributed by atoms with E-state index in [9.17, 15) is 12.8 Å². The molecule has 0 spiro atoms. The van der Waals surface area contributed by atoms with Crippen LogP contribution in [0.3, 0.4) is 0 Å². The second-order valence-electron chi connectivity index (χ2n) is 5.05. The van der Waals surface area contributed by atoms with Crippen LogP contribution in [-0.4, -0.2) is 18.6 Å². The molecule has 112 valence electrons. The second-order valence-corrected chi connectivity index (χ2v) is 7.52. The van der Waals surface area contributed by atoms with E-state index < -0.39 is 27.2 Å². The third-order valence-corrected chi connectivity index (χ3v) is 4.97. The van der Waals surface area contributed by atoms with Gasteiger partial charge in [0.25, 0.3) is 0 Å². The van der Waals surface area contributed by atoms with E-state index in [1.807, 2.05) is 0 Å². The van der Waals surface area contributed by atoms with Crippen molar-refractivity contribution in [1.29, 1.82) is 0 Å². The normalized spacial score (nSPS) is 15.3. The maximum absolute atomic E-state index is 13.6. The number of sulfone groups is 1. The smallest absolute Gasteiger partial charge is 0.241 e. The Labute approximate surface area is 126 Å². The predicted molar refractivity (Wildman–Crippen MR) is 74.0 cm³/mol. The highest BCUT2D eigenvalue weighted by molar-refractivity contribution is 7.89. The van der Waals surface area contributed by atoms with Gasteiger partial charge >= 0.3 is 0 Å². The second kappa shape index (κ2) is 5.38. The van der Waals surface area contributed by atoms with E-state index in [2.05, 4.69) is 10.1 Å². The minimum atomic E-state index is -3.65. The van der Waals surface area contributed by atoms with Gasteiger partial charge in [0.15, 0.2) is 15.7 Å². The molecule has 1 aliphatic carbocycles. The summed E-state index contributed by atoms with van der Waals surface area (Å²) >= 11 is 5.84. The van der Waals surface area contributed by atoms with E-state index in [-0.39, 0.29) is 22.4 Å². The van der Waals surface area contributed by atoms with E-state index >= 15 is 0 Å². The van der Waals surface area contributed by atoms with Crippen LogP contribution in [0.5, 0.6) is 0 Å². The van der Waals surface area contributed by atoms with Gasteiger partial charge in [0.1, 0.15) is 11.6 Å². The number of halogens is 2. The molecule has 1 aromatic heterocycles. The van der Waals surface area contributed by atoms with Gasteiger partial charge in [0.05, 0.1) is 5.75 Å². The summed E-state index contributed by atoms with van der Waals surface area (Å²) in [7, 11) is -3.65. The van der Waals surface area contributed by atoms with Gasteiger partial charge in [-0.1, -0.05) is 22.8 Å². The molecular weight excluding hydrogens is 319 g/mol. The van der Waals surface area contributed by atoms with Gasteiger partial charge in [-0.2, -0.15) is 4.98 Å². The lowest BCUT2D eigenvalue weighted by Crippen LogP contribution is -2.09. The Balaban J connectivity index is 1.77. The first-order chi connectivity index (χ1) is 9.94. The maximum Gasteiger partial charge on any atom is 0.241 e. The van der Waals surface area contributed by atoms with Crippen LogP contribution in [0.1, 0.15) is 36.0 Å². The molecule has 1 fully saturated rings. The van der Waals surface area contributed by atoms with E-state index in [4.69, 9.17) is 16.1 Å². The lowest BCUT2D eigenvalue weighted by Gasteiger charge is -2.05. The molecule has 1 heterocycles. The number of hydrogen-bond acceptors (Lipinski definition) is 5. The Kier molecular flexibility index (Phi) is 3.71. The molecule has 1 aromatic carbocycles. The largest absolute Gasteiger partial charge is 0.338 e. The highest BCUT2D eigenvalue weighted by Gasteiger charge is 2.30. The quantitative estimate of drug-likeness (QED) is 0.842. The van der Waals surface area contributed by atoms with Crippen molar-refractivity contribution in [1.82, 2.24) is 10.1 Å². The van der Waals surface area contributed by atoms with Crippen LogP contribution in [0.25, 0.3) is 0 Å². The van der Waals surface area contributed by atoms with E-state index in [0.29, 0.717) is 5.82 Å². The van der Waals surface area contributed by atoms with Gasteiger partial charge < -0.3 is 4.52 Å². The van der Waals surface area contributed by atoms with Crippen molar-refractivity contribution in [3.63, 3.8) is 0 Å². The molecule has 0 N–H and O–H groups in total. The third-order valence-electron chi connectivity index (χ3n) is 3.20. The highest BCUT2D eigenvalue weighted by atomic mass is 35.5. The topological polar surface area (TPSA) is 73.1 Å². The van der Waals surface area contributed by atoms with Gasteiger partial charge in [0.2, 0.25) is 5.89 Å². The van der Waals surface area contributed by atoms with Crippen LogP contribution < -0.4 is 0 Å². The van der Waals surface area contributed by atoms with Crippen LogP contribution in [0.15, 0.2) is 22.7 Å². The van der Waals surface area contributed by atoms with Crippen molar-refractivity contribution in [3.8, 4) is 0 Å². The van der Waals surface area contributed by atoms with Crippen molar-refractivity contribution < 1.29 is 17.3 Å². The maximum atomic E-state index is 13.6. The lowest BCUT2D eigenvalue weighted by molar-refractivity contribution is 0.382. The Morgan fingerprint density at radius 2 is 2.10 bits per heavy atom. The SMILES string of the molecule is O=S(=O)(Cc1nc(C2CC2)no1)Cc1c(F)cccc1Cl. The first-order valence-electron chi connectivity index (χ1n) is 6.40. The van der Waals surface area contributed by atoms with Crippen LogP contribution in [0, 0.1) is 5.82 Å². The Bertz CT molecular complexity index is 751. The summed E-state index contributed by atoms with van der Waals surface area (Å²) in [5, 5.41) is 3.84. The number of benzene rings is 1. The number of hydrogen-bond donors (Lipinski definition) is 0. The zero-order chi connectivity index (χ0) is 15.0. The predicted octanol–water partition coefficient (Wildman–Crippen LogP) is 2.85. The van der Waals surface area contributed by atoms with Crippen LogP contribution >= 0.6 is 11.6 Å². The summed E-state index contributed by atoms with van der Waals surface area (Å²) in [5.74, 6) is -0.702. The summed E-state index contributed by atoms with van der Waals surface area (Å²) in [6.07, 6.45) is 1.99.